The van der Waals surface area contributed by atoms with Crippen LogP contribution in [0.3, 0.4) is 0 Å². The Labute approximate surface area is 84.1 Å². The standard InChI is InChI=1S/C13H26/c1-12(2,3)10-7-8-11(9-10)13(4,5)6/h10-11H,7-9H2,1-6H3/t10-,11?/m1/s1. The van der Waals surface area contributed by atoms with Crippen molar-refractivity contribution >= 4 is 0 Å². The summed E-state index contributed by atoms with van der Waals surface area (Å²) in [4.78, 5) is 0. The van der Waals surface area contributed by atoms with Crippen LogP contribution >= 0.6 is 0 Å². The molecule has 0 spiro atoms. The Morgan fingerprint density at radius 1 is 0.692 bits per heavy atom. The van der Waals surface area contributed by atoms with Crippen LogP contribution in [0.1, 0.15) is 60.8 Å². The first kappa shape index (κ1) is 11.1. The van der Waals surface area contributed by atoms with Crippen LogP contribution < -0.4 is 0 Å². The highest BCUT2D eigenvalue weighted by Crippen LogP contribution is 2.47. The maximum atomic E-state index is 2.39. The summed E-state index contributed by atoms with van der Waals surface area (Å²) < 4.78 is 0. The van der Waals surface area contributed by atoms with Crippen molar-refractivity contribution in [2.24, 2.45) is 22.7 Å². The van der Waals surface area contributed by atoms with Gasteiger partial charge in [0.15, 0.2) is 0 Å². The van der Waals surface area contributed by atoms with Gasteiger partial charge in [-0.15, -0.1) is 0 Å². The molecule has 0 radical (unpaired) electrons. The number of rotatable bonds is 0. The van der Waals surface area contributed by atoms with E-state index in [0.717, 1.165) is 11.8 Å². The lowest BCUT2D eigenvalue weighted by molar-refractivity contribution is 0.197. The average Bonchev–Trinajstić information content (AvgIpc) is 2.28. The van der Waals surface area contributed by atoms with Crippen LogP contribution in [0.5, 0.6) is 0 Å². The second kappa shape index (κ2) is 3.29. The molecule has 1 aliphatic carbocycles. The van der Waals surface area contributed by atoms with Gasteiger partial charge in [-0.25, -0.2) is 0 Å². The summed E-state index contributed by atoms with van der Waals surface area (Å²) >= 11 is 0. The molecule has 0 heterocycles. The molecule has 78 valence electrons. The van der Waals surface area contributed by atoms with Crippen LogP contribution in [0.15, 0.2) is 0 Å². The van der Waals surface area contributed by atoms with Gasteiger partial charge in [-0.1, -0.05) is 41.5 Å². The van der Waals surface area contributed by atoms with E-state index < -0.39 is 0 Å². The summed E-state index contributed by atoms with van der Waals surface area (Å²) in [5.41, 5.74) is 1.06. The van der Waals surface area contributed by atoms with Gasteiger partial charge in [0.05, 0.1) is 0 Å². The van der Waals surface area contributed by atoms with E-state index >= 15 is 0 Å². The van der Waals surface area contributed by atoms with Gasteiger partial charge in [0.1, 0.15) is 0 Å². The highest BCUT2D eigenvalue weighted by Gasteiger charge is 2.37. The molecular weight excluding hydrogens is 156 g/mol. The van der Waals surface area contributed by atoms with Gasteiger partial charge in [-0.05, 0) is 41.9 Å². The Balaban J connectivity index is 2.55. The zero-order valence-corrected chi connectivity index (χ0v) is 10.3. The fourth-order valence-electron chi connectivity index (χ4n) is 2.55. The van der Waals surface area contributed by atoms with Gasteiger partial charge in [0, 0.05) is 0 Å². The van der Waals surface area contributed by atoms with Crippen molar-refractivity contribution in [1.82, 2.24) is 0 Å². The van der Waals surface area contributed by atoms with Crippen molar-refractivity contribution in [2.75, 3.05) is 0 Å². The van der Waals surface area contributed by atoms with E-state index in [1.54, 1.807) is 0 Å². The molecule has 2 atom stereocenters. The maximum absolute atomic E-state index is 2.39. The Morgan fingerprint density at radius 2 is 1.00 bits per heavy atom. The van der Waals surface area contributed by atoms with Crippen molar-refractivity contribution in [3.63, 3.8) is 0 Å². The van der Waals surface area contributed by atoms with Gasteiger partial charge in [0.25, 0.3) is 0 Å². The summed E-state index contributed by atoms with van der Waals surface area (Å²) in [5.74, 6) is 1.91. The molecular formula is C13H26. The molecule has 1 fully saturated rings. The lowest BCUT2D eigenvalue weighted by Crippen LogP contribution is -2.21. The number of hydrogen-bond donors (Lipinski definition) is 0. The number of hydrogen-bond acceptors (Lipinski definition) is 0. The summed E-state index contributed by atoms with van der Waals surface area (Å²) in [6, 6.07) is 0. The molecule has 0 saturated heterocycles. The third-order valence-electron chi connectivity index (χ3n) is 3.88. The first-order valence-electron chi connectivity index (χ1n) is 5.71. The quantitative estimate of drug-likeness (QED) is 0.517. The van der Waals surface area contributed by atoms with E-state index in [-0.39, 0.29) is 0 Å². The first-order chi connectivity index (χ1) is 5.71. The fourth-order valence-corrected chi connectivity index (χ4v) is 2.55. The molecule has 0 heteroatoms. The van der Waals surface area contributed by atoms with Crippen molar-refractivity contribution in [2.45, 2.75) is 60.8 Å². The molecule has 13 heavy (non-hydrogen) atoms. The van der Waals surface area contributed by atoms with Crippen LogP contribution in [-0.4, -0.2) is 0 Å². The van der Waals surface area contributed by atoms with Crippen molar-refractivity contribution in [3.05, 3.63) is 0 Å². The zero-order chi connectivity index (χ0) is 10.3. The monoisotopic (exact) mass is 182 g/mol. The van der Waals surface area contributed by atoms with Crippen LogP contribution in [0.4, 0.5) is 0 Å². The summed E-state index contributed by atoms with van der Waals surface area (Å²) in [5, 5.41) is 0. The minimum absolute atomic E-state index is 0.528. The Bertz CT molecular complexity index is 145. The van der Waals surface area contributed by atoms with Gasteiger partial charge < -0.3 is 0 Å². The van der Waals surface area contributed by atoms with Crippen LogP contribution in [-0.2, 0) is 0 Å². The second-order valence-corrected chi connectivity index (χ2v) is 6.94. The predicted octanol–water partition coefficient (Wildman–Crippen LogP) is 4.49. The third kappa shape index (κ3) is 2.72. The molecule has 0 nitrogen and oxygen atoms in total. The van der Waals surface area contributed by atoms with Gasteiger partial charge in [-0.2, -0.15) is 0 Å². The molecule has 0 aromatic heterocycles. The summed E-state index contributed by atoms with van der Waals surface area (Å²) in [6.45, 7) is 14.3. The minimum Gasteiger partial charge on any atom is -0.0599 e. The topological polar surface area (TPSA) is 0 Å². The van der Waals surface area contributed by atoms with Crippen LogP contribution in [0.2, 0.25) is 0 Å². The van der Waals surface area contributed by atoms with Crippen LogP contribution in [0.25, 0.3) is 0 Å². The molecule has 0 amide bonds. The van der Waals surface area contributed by atoms with E-state index in [2.05, 4.69) is 41.5 Å². The molecule has 1 unspecified atom stereocenters. The van der Waals surface area contributed by atoms with Crippen molar-refractivity contribution < 1.29 is 0 Å². The van der Waals surface area contributed by atoms with Crippen molar-refractivity contribution in [3.8, 4) is 0 Å². The Hall–Kier alpha value is 0. The van der Waals surface area contributed by atoms with E-state index in [1.807, 2.05) is 0 Å². The van der Waals surface area contributed by atoms with Gasteiger partial charge in [-0.3, -0.25) is 0 Å². The SMILES string of the molecule is CC(C)(C)C1CC[C@@H](C(C)(C)C)C1. The molecule has 0 aromatic carbocycles. The maximum Gasteiger partial charge on any atom is -0.0354 e. The van der Waals surface area contributed by atoms with E-state index in [0.29, 0.717) is 10.8 Å². The van der Waals surface area contributed by atoms with E-state index in [4.69, 9.17) is 0 Å². The molecule has 0 N–H and O–H groups in total. The molecule has 1 aliphatic rings. The molecule has 0 bridgehead atoms. The second-order valence-electron chi connectivity index (χ2n) is 6.94. The smallest absolute Gasteiger partial charge is 0.0354 e. The zero-order valence-electron chi connectivity index (χ0n) is 10.3. The third-order valence-corrected chi connectivity index (χ3v) is 3.88. The highest BCUT2D eigenvalue weighted by molar-refractivity contribution is 4.88. The lowest BCUT2D eigenvalue weighted by Gasteiger charge is -2.30. The van der Waals surface area contributed by atoms with Crippen LogP contribution in [0, 0.1) is 22.7 Å². The molecule has 0 aromatic rings. The van der Waals surface area contributed by atoms with E-state index in [9.17, 15) is 0 Å². The Morgan fingerprint density at radius 3 is 1.15 bits per heavy atom. The molecule has 0 aliphatic heterocycles. The Kier molecular flexibility index (Phi) is 2.81. The largest absolute Gasteiger partial charge is 0.0599 e. The van der Waals surface area contributed by atoms with Gasteiger partial charge in [0.2, 0.25) is 0 Å². The van der Waals surface area contributed by atoms with Crippen molar-refractivity contribution in [1.29, 1.82) is 0 Å². The highest BCUT2D eigenvalue weighted by atomic mass is 14.4. The minimum atomic E-state index is 0.528. The summed E-state index contributed by atoms with van der Waals surface area (Å²) in [6.07, 6.45) is 4.35. The molecule has 1 rings (SSSR count). The summed E-state index contributed by atoms with van der Waals surface area (Å²) in [7, 11) is 0. The average molecular weight is 182 g/mol. The van der Waals surface area contributed by atoms with E-state index in [1.165, 1.54) is 19.3 Å². The fraction of sp³-hybridized carbons (Fsp3) is 1.00. The predicted molar refractivity (Wildman–Crippen MR) is 59.7 cm³/mol. The normalized spacial score (nSPS) is 30.9. The first-order valence-corrected chi connectivity index (χ1v) is 5.71. The lowest BCUT2D eigenvalue weighted by atomic mass is 9.75. The van der Waals surface area contributed by atoms with Gasteiger partial charge >= 0.3 is 0 Å². The molecule has 1 saturated carbocycles.